The molecule has 0 aromatic rings. The Morgan fingerprint density at radius 2 is 1.52 bits per heavy atom. The van der Waals surface area contributed by atoms with Crippen molar-refractivity contribution in [2.45, 2.75) is 71.6 Å². The molecule has 6 atom stereocenters. The van der Waals surface area contributed by atoms with Crippen LogP contribution in [0.25, 0.3) is 0 Å². The Hall–Kier alpha value is -0.660. The first kappa shape index (κ1) is 14.0. The standard InChI is InChI=1S/C19H28O2/c1-18-9-7-14-13(15(18)4-3-12(20)11-18)8-10-19(2)16(14)5-6-17(19)21/h13-16H,3-11H2,1-2H3/t13?,14?,15-,16?,18-,19+/m1/s1. The van der Waals surface area contributed by atoms with Gasteiger partial charge in [0.05, 0.1) is 0 Å². The molecular formula is C19H28O2. The molecule has 0 heterocycles. The van der Waals surface area contributed by atoms with Crippen LogP contribution in [0.4, 0.5) is 0 Å². The first-order chi connectivity index (χ1) is 9.94. The van der Waals surface area contributed by atoms with Crippen LogP contribution in [0.3, 0.4) is 0 Å². The highest BCUT2D eigenvalue weighted by Crippen LogP contribution is 2.63. The number of ketones is 2. The van der Waals surface area contributed by atoms with Crippen LogP contribution in [-0.2, 0) is 9.59 Å². The molecule has 3 unspecified atom stereocenters. The molecule has 0 radical (unpaired) electrons. The topological polar surface area (TPSA) is 34.1 Å². The van der Waals surface area contributed by atoms with Gasteiger partial charge in [0.25, 0.3) is 0 Å². The summed E-state index contributed by atoms with van der Waals surface area (Å²) in [5.74, 6) is 3.98. The zero-order valence-corrected chi connectivity index (χ0v) is 13.5. The van der Waals surface area contributed by atoms with E-state index in [9.17, 15) is 9.59 Å². The van der Waals surface area contributed by atoms with Crippen LogP contribution >= 0.6 is 0 Å². The van der Waals surface area contributed by atoms with Crippen LogP contribution in [0.2, 0.25) is 0 Å². The summed E-state index contributed by atoms with van der Waals surface area (Å²) in [6, 6.07) is 0. The minimum atomic E-state index is -0.000601. The lowest BCUT2D eigenvalue weighted by molar-refractivity contribution is -0.140. The number of fused-ring (bicyclic) bond motifs is 5. The van der Waals surface area contributed by atoms with E-state index < -0.39 is 0 Å². The minimum absolute atomic E-state index is 0.000601. The molecule has 4 aliphatic rings. The van der Waals surface area contributed by atoms with Crippen molar-refractivity contribution < 1.29 is 9.59 Å². The lowest BCUT2D eigenvalue weighted by Gasteiger charge is -2.57. The van der Waals surface area contributed by atoms with Gasteiger partial charge in [-0.2, -0.15) is 0 Å². The van der Waals surface area contributed by atoms with Crippen LogP contribution in [0.5, 0.6) is 0 Å². The van der Waals surface area contributed by atoms with E-state index >= 15 is 0 Å². The van der Waals surface area contributed by atoms with E-state index in [0.29, 0.717) is 17.5 Å². The summed E-state index contributed by atoms with van der Waals surface area (Å²) in [4.78, 5) is 24.3. The van der Waals surface area contributed by atoms with E-state index in [1.54, 1.807) is 0 Å². The molecule has 0 bridgehead atoms. The van der Waals surface area contributed by atoms with Gasteiger partial charge in [-0.15, -0.1) is 0 Å². The second-order valence-corrected chi connectivity index (χ2v) is 8.91. The Kier molecular flexibility index (Phi) is 2.94. The first-order valence-electron chi connectivity index (χ1n) is 8.99. The number of hydrogen-bond donors (Lipinski definition) is 0. The highest BCUT2D eigenvalue weighted by molar-refractivity contribution is 5.87. The molecule has 4 fully saturated rings. The second-order valence-electron chi connectivity index (χ2n) is 8.91. The van der Waals surface area contributed by atoms with Gasteiger partial charge in [-0.1, -0.05) is 13.8 Å². The molecule has 2 nitrogen and oxygen atoms in total. The summed E-state index contributed by atoms with van der Waals surface area (Å²) in [5, 5.41) is 0. The summed E-state index contributed by atoms with van der Waals surface area (Å²) < 4.78 is 0. The van der Waals surface area contributed by atoms with Crippen molar-refractivity contribution in [1.82, 2.24) is 0 Å². The molecule has 0 spiro atoms. The average Bonchev–Trinajstić information content (AvgIpc) is 2.73. The Balaban J connectivity index is 1.63. The Bertz CT molecular complexity index is 496. The summed E-state index contributed by atoms with van der Waals surface area (Å²) in [5.41, 5.74) is 0.270. The van der Waals surface area contributed by atoms with Gasteiger partial charge in [-0.25, -0.2) is 0 Å². The largest absolute Gasteiger partial charge is 0.300 e. The monoisotopic (exact) mass is 288 g/mol. The van der Waals surface area contributed by atoms with Crippen molar-refractivity contribution in [2.75, 3.05) is 0 Å². The third kappa shape index (κ3) is 1.83. The summed E-state index contributed by atoms with van der Waals surface area (Å²) in [7, 11) is 0. The molecule has 0 amide bonds. The Morgan fingerprint density at radius 3 is 2.33 bits per heavy atom. The maximum absolute atomic E-state index is 12.3. The van der Waals surface area contributed by atoms with E-state index in [4.69, 9.17) is 0 Å². The van der Waals surface area contributed by atoms with Gasteiger partial charge in [0.1, 0.15) is 11.6 Å². The fraction of sp³-hybridized carbons (Fsp3) is 0.895. The van der Waals surface area contributed by atoms with Gasteiger partial charge >= 0.3 is 0 Å². The lowest BCUT2D eigenvalue weighted by Crippen LogP contribution is -2.52. The Labute approximate surface area is 128 Å². The molecule has 21 heavy (non-hydrogen) atoms. The molecule has 0 saturated heterocycles. The fourth-order valence-corrected chi connectivity index (χ4v) is 6.84. The maximum Gasteiger partial charge on any atom is 0.139 e. The summed E-state index contributed by atoms with van der Waals surface area (Å²) in [6.07, 6.45) is 9.53. The molecular weight excluding hydrogens is 260 g/mol. The third-order valence-electron chi connectivity index (χ3n) is 8.00. The average molecular weight is 288 g/mol. The van der Waals surface area contributed by atoms with Gasteiger partial charge in [0.2, 0.25) is 0 Å². The zero-order valence-electron chi connectivity index (χ0n) is 13.5. The first-order valence-corrected chi connectivity index (χ1v) is 8.99. The second kappa shape index (κ2) is 4.43. The molecule has 2 heteroatoms. The van der Waals surface area contributed by atoms with Crippen molar-refractivity contribution in [3.8, 4) is 0 Å². The van der Waals surface area contributed by atoms with Crippen LogP contribution in [0.1, 0.15) is 71.6 Å². The van der Waals surface area contributed by atoms with Crippen molar-refractivity contribution in [3.05, 3.63) is 0 Å². The van der Waals surface area contributed by atoms with Crippen LogP contribution in [-0.4, -0.2) is 11.6 Å². The Morgan fingerprint density at radius 1 is 0.857 bits per heavy atom. The minimum Gasteiger partial charge on any atom is -0.300 e. The number of hydrogen-bond acceptors (Lipinski definition) is 2. The van der Waals surface area contributed by atoms with Gasteiger partial charge in [-0.05, 0) is 67.6 Å². The summed E-state index contributed by atoms with van der Waals surface area (Å²) >= 11 is 0. The van der Waals surface area contributed by atoms with E-state index in [2.05, 4.69) is 13.8 Å². The molecule has 0 aliphatic heterocycles. The van der Waals surface area contributed by atoms with Crippen molar-refractivity contribution in [1.29, 1.82) is 0 Å². The maximum atomic E-state index is 12.3. The van der Waals surface area contributed by atoms with E-state index in [1.165, 1.54) is 19.3 Å². The van der Waals surface area contributed by atoms with Crippen LogP contribution < -0.4 is 0 Å². The van der Waals surface area contributed by atoms with Crippen LogP contribution in [0, 0.1) is 34.5 Å². The predicted octanol–water partition coefficient (Wildman–Crippen LogP) is 4.17. The predicted molar refractivity (Wildman–Crippen MR) is 81.7 cm³/mol. The fourth-order valence-electron chi connectivity index (χ4n) is 6.84. The van der Waals surface area contributed by atoms with E-state index in [0.717, 1.165) is 56.3 Å². The number of Topliss-reactive ketones (excluding diaryl/α,β-unsaturated/α-hetero) is 2. The SMILES string of the molecule is C[C@]12CCC3C(CC[C@]4(C)C(=O)CCC34)[C@H]1CCC(=O)C2. The van der Waals surface area contributed by atoms with Crippen LogP contribution in [0.15, 0.2) is 0 Å². The zero-order chi connectivity index (χ0) is 14.8. The number of carbonyl (C=O) groups is 2. The molecule has 116 valence electrons. The smallest absolute Gasteiger partial charge is 0.139 e. The van der Waals surface area contributed by atoms with Gasteiger partial charge < -0.3 is 0 Å². The normalized spacial score (nSPS) is 53.0. The lowest BCUT2D eigenvalue weighted by atomic mass is 9.47. The van der Waals surface area contributed by atoms with Crippen molar-refractivity contribution >= 4 is 11.6 Å². The number of carbonyl (C=O) groups excluding carboxylic acids is 2. The van der Waals surface area contributed by atoms with Gasteiger partial charge in [-0.3, -0.25) is 9.59 Å². The third-order valence-corrected chi connectivity index (χ3v) is 8.00. The van der Waals surface area contributed by atoms with Crippen molar-refractivity contribution in [2.24, 2.45) is 34.5 Å². The molecule has 4 aliphatic carbocycles. The number of rotatable bonds is 0. The van der Waals surface area contributed by atoms with Crippen molar-refractivity contribution in [3.63, 3.8) is 0 Å². The molecule has 4 rings (SSSR count). The van der Waals surface area contributed by atoms with E-state index in [1.807, 2.05) is 0 Å². The van der Waals surface area contributed by atoms with Gasteiger partial charge in [0.15, 0.2) is 0 Å². The molecule has 4 saturated carbocycles. The highest BCUT2D eigenvalue weighted by atomic mass is 16.1. The molecule has 0 aromatic heterocycles. The quantitative estimate of drug-likeness (QED) is 0.670. The van der Waals surface area contributed by atoms with Gasteiger partial charge in [0, 0.05) is 24.7 Å². The summed E-state index contributed by atoms with van der Waals surface area (Å²) in [6.45, 7) is 4.62. The molecule has 0 aromatic carbocycles. The highest BCUT2D eigenvalue weighted by Gasteiger charge is 2.59. The van der Waals surface area contributed by atoms with E-state index in [-0.39, 0.29) is 10.8 Å². The molecule has 0 N–H and O–H groups in total.